The monoisotopic (exact) mass is 178 g/mol. The van der Waals surface area contributed by atoms with Gasteiger partial charge in [-0.25, -0.2) is 4.98 Å². The lowest BCUT2D eigenvalue weighted by atomic mass is 10.2. The number of aryl methyl sites for hydroxylation is 1. The first-order valence-electron chi connectivity index (χ1n) is 3.54. The fraction of sp³-hybridized carbons (Fsp3) is 0.571. The molecule has 0 aromatic carbocycles. The summed E-state index contributed by atoms with van der Waals surface area (Å²) in [6.07, 6.45) is -2.81. The lowest BCUT2D eigenvalue weighted by molar-refractivity contribution is -0.141. The Morgan fingerprint density at radius 1 is 1.50 bits per heavy atom. The third-order valence-corrected chi connectivity index (χ3v) is 1.66. The lowest BCUT2D eigenvalue weighted by Crippen LogP contribution is -2.10. The first-order chi connectivity index (χ1) is 5.46. The summed E-state index contributed by atoms with van der Waals surface area (Å²) in [6.45, 7) is 1.67. The second-order valence-electron chi connectivity index (χ2n) is 2.50. The summed E-state index contributed by atoms with van der Waals surface area (Å²) in [5, 5.41) is 0. The zero-order chi connectivity index (χ0) is 9.35. The van der Waals surface area contributed by atoms with Crippen molar-refractivity contribution in [2.75, 3.05) is 0 Å². The van der Waals surface area contributed by atoms with Crippen molar-refractivity contribution in [1.82, 2.24) is 9.55 Å². The average molecular weight is 178 g/mol. The van der Waals surface area contributed by atoms with Crippen LogP contribution >= 0.6 is 0 Å². The molecule has 0 saturated heterocycles. The van der Waals surface area contributed by atoms with E-state index in [9.17, 15) is 13.2 Å². The zero-order valence-corrected chi connectivity index (χ0v) is 6.81. The first kappa shape index (κ1) is 9.09. The van der Waals surface area contributed by atoms with Gasteiger partial charge < -0.3 is 4.57 Å². The van der Waals surface area contributed by atoms with Gasteiger partial charge in [0.25, 0.3) is 0 Å². The second kappa shape index (κ2) is 2.80. The van der Waals surface area contributed by atoms with Crippen LogP contribution in [0.1, 0.15) is 18.3 Å². The van der Waals surface area contributed by atoms with Crippen LogP contribution in [0.3, 0.4) is 0 Å². The Morgan fingerprint density at radius 2 is 2.08 bits per heavy atom. The van der Waals surface area contributed by atoms with E-state index in [1.807, 2.05) is 0 Å². The molecule has 0 spiro atoms. The van der Waals surface area contributed by atoms with Gasteiger partial charge in [0.2, 0.25) is 0 Å². The van der Waals surface area contributed by atoms with E-state index in [1.54, 1.807) is 14.0 Å². The summed E-state index contributed by atoms with van der Waals surface area (Å²) in [6, 6.07) is 0. The molecule has 1 aromatic rings. The molecule has 5 heteroatoms. The van der Waals surface area contributed by atoms with Gasteiger partial charge in [0.15, 0.2) is 5.69 Å². The maximum atomic E-state index is 12.2. The van der Waals surface area contributed by atoms with Gasteiger partial charge in [0.1, 0.15) is 0 Å². The zero-order valence-electron chi connectivity index (χ0n) is 6.81. The summed E-state index contributed by atoms with van der Waals surface area (Å²) >= 11 is 0. The van der Waals surface area contributed by atoms with Crippen molar-refractivity contribution in [3.8, 4) is 0 Å². The fourth-order valence-corrected chi connectivity index (χ4v) is 1.11. The number of hydrogen-bond acceptors (Lipinski definition) is 1. The molecule has 68 valence electrons. The van der Waals surface area contributed by atoms with Crippen LogP contribution in [0.4, 0.5) is 13.2 Å². The molecular weight excluding hydrogens is 169 g/mol. The van der Waals surface area contributed by atoms with E-state index < -0.39 is 11.9 Å². The molecule has 0 saturated carbocycles. The Hall–Kier alpha value is -1.00. The molecule has 12 heavy (non-hydrogen) atoms. The minimum absolute atomic E-state index is 0.225. The summed E-state index contributed by atoms with van der Waals surface area (Å²) in [7, 11) is 1.56. The fourth-order valence-electron chi connectivity index (χ4n) is 1.11. The number of aromatic nitrogens is 2. The Balaban J connectivity index is 3.16. The van der Waals surface area contributed by atoms with E-state index in [4.69, 9.17) is 0 Å². The third-order valence-electron chi connectivity index (χ3n) is 1.66. The predicted molar refractivity (Wildman–Crippen MR) is 37.6 cm³/mol. The molecule has 0 unspecified atom stereocenters. The van der Waals surface area contributed by atoms with Crippen molar-refractivity contribution in [3.05, 3.63) is 17.7 Å². The molecule has 0 atom stereocenters. The molecule has 0 aliphatic heterocycles. The molecule has 1 heterocycles. The number of halogens is 3. The van der Waals surface area contributed by atoms with Crippen LogP contribution in [0.15, 0.2) is 6.33 Å². The van der Waals surface area contributed by atoms with Gasteiger partial charge in [-0.2, -0.15) is 13.2 Å². The Bertz CT molecular complexity index is 275. The van der Waals surface area contributed by atoms with Gasteiger partial charge >= 0.3 is 6.18 Å². The van der Waals surface area contributed by atoms with Crippen molar-refractivity contribution in [2.45, 2.75) is 19.5 Å². The molecule has 0 aliphatic carbocycles. The minimum Gasteiger partial charge on any atom is -0.337 e. The highest BCUT2D eigenvalue weighted by molar-refractivity contribution is 5.15. The van der Waals surface area contributed by atoms with E-state index in [0.29, 0.717) is 6.42 Å². The molecule has 0 radical (unpaired) electrons. The van der Waals surface area contributed by atoms with Crippen LogP contribution < -0.4 is 0 Å². The maximum Gasteiger partial charge on any atom is 0.435 e. The highest BCUT2D eigenvalue weighted by Crippen LogP contribution is 2.30. The Morgan fingerprint density at radius 3 is 2.42 bits per heavy atom. The Kier molecular flexibility index (Phi) is 2.12. The molecule has 1 aromatic heterocycles. The highest BCUT2D eigenvalue weighted by Gasteiger charge is 2.36. The van der Waals surface area contributed by atoms with Gasteiger partial charge in [-0.05, 0) is 6.42 Å². The van der Waals surface area contributed by atoms with Gasteiger partial charge in [-0.3, -0.25) is 0 Å². The maximum absolute atomic E-state index is 12.2. The molecule has 0 amide bonds. The van der Waals surface area contributed by atoms with Crippen molar-refractivity contribution in [2.24, 2.45) is 7.05 Å². The number of alkyl halides is 3. The number of rotatable bonds is 1. The molecule has 0 N–H and O–H groups in total. The van der Waals surface area contributed by atoms with Crippen LogP contribution in [-0.2, 0) is 19.6 Å². The normalized spacial score (nSPS) is 12.1. The highest BCUT2D eigenvalue weighted by atomic mass is 19.4. The quantitative estimate of drug-likeness (QED) is 0.643. The van der Waals surface area contributed by atoms with Crippen LogP contribution in [0.2, 0.25) is 0 Å². The van der Waals surface area contributed by atoms with Gasteiger partial charge in [0, 0.05) is 12.7 Å². The van der Waals surface area contributed by atoms with Crippen LogP contribution in [-0.4, -0.2) is 9.55 Å². The summed E-state index contributed by atoms with van der Waals surface area (Å²) in [5.74, 6) is 0. The largest absolute Gasteiger partial charge is 0.435 e. The number of nitrogens with zero attached hydrogens (tertiary/aromatic N) is 2. The van der Waals surface area contributed by atoms with Crippen molar-refractivity contribution < 1.29 is 13.2 Å². The molecular formula is C7H9F3N2. The standard InChI is InChI=1S/C7H9F3N2/c1-3-5-6(7(8,9)10)11-4-12(5)2/h4H,3H2,1-2H3. The van der Waals surface area contributed by atoms with Crippen LogP contribution in [0.5, 0.6) is 0 Å². The average Bonchev–Trinajstić information content (AvgIpc) is 2.29. The van der Waals surface area contributed by atoms with Gasteiger partial charge in [-0.15, -0.1) is 0 Å². The minimum atomic E-state index is -4.33. The van der Waals surface area contributed by atoms with Crippen LogP contribution in [0.25, 0.3) is 0 Å². The summed E-state index contributed by atoms with van der Waals surface area (Å²) in [5.41, 5.74) is -0.546. The molecule has 1 rings (SSSR count). The second-order valence-corrected chi connectivity index (χ2v) is 2.50. The molecule has 0 fully saturated rings. The van der Waals surface area contributed by atoms with Crippen molar-refractivity contribution >= 4 is 0 Å². The summed E-state index contributed by atoms with van der Waals surface area (Å²) < 4.78 is 37.9. The van der Waals surface area contributed by atoms with E-state index in [2.05, 4.69) is 4.98 Å². The molecule has 0 aliphatic rings. The Labute approximate surface area is 68.0 Å². The van der Waals surface area contributed by atoms with Gasteiger partial charge in [0.05, 0.1) is 6.33 Å². The SMILES string of the molecule is CCc1c(C(F)(F)F)ncn1C. The lowest BCUT2D eigenvalue weighted by Gasteiger charge is -2.05. The third kappa shape index (κ3) is 1.44. The molecule has 2 nitrogen and oxygen atoms in total. The number of hydrogen-bond donors (Lipinski definition) is 0. The van der Waals surface area contributed by atoms with E-state index >= 15 is 0 Å². The predicted octanol–water partition coefficient (Wildman–Crippen LogP) is 2.00. The molecule has 0 bridgehead atoms. The summed E-state index contributed by atoms with van der Waals surface area (Å²) in [4.78, 5) is 3.30. The smallest absolute Gasteiger partial charge is 0.337 e. The van der Waals surface area contributed by atoms with Crippen LogP contribution in [0, 0.1) is 0 Å². The van der Waals surface area contributed by atoms with E-state index in [-0.39, 0.29) is 5.69 Å². The van der Waals surface area contributed by atoms with E-state index in [0.717, 1.165) is 0 Å². The number of imidazole rings is 1. The van der Waals surface area contributed by atoms with Crippen molar-refractivity contribution in [3.63, 3.8) is 0 Å². The van der Waals surface area contributed by atoms with Crippen molar-refractivity contribution in [1.29, 1.82) is 0 Å². The topological polar surface area (TPSA) is 17.8 Å². The first-order valence-corrected chi connectivity index (χ1v) is 3.54. The van der Waals surface area contributed by atoms with E-state index in [1.165, 1.54) is 10.9 Å². The van der Waals surface area contributed by atoms with Gasteiger partial charge in [-0.1, -0.05) is 6.92 Å².